The molecule has 0 radical (unpaired) electrons. The molecule has 9 heteroatoms. The third-order valence-electron chi connectivity index (χ3n) is 5.18. The van der Waals surface area contributed by atoms with E-state index in [1.165, 1.54) is 18.2 Å². The predicted octanol–water partition coefficient (Wildman–Crippen LogP) is 2.58. The van der Waals surface area contributed by atoms with E-state index in [9.17, 15) is 19.5 Å². The zero-order chi connectivity index (χ0) is 23.8. The molecular weight excluding hydrogens is 434 g/mol. The number of phenolic OH excluding ortho intramolecular Hbond substituents is 1. The first-order valence-corrected chi connectivity index (χ1v) is 11.4. The largest absolute Gasteiger partial charge is 0.507 e. The van der Waals surface area contributed by atoms with E-state index in [1.54, 1.807) is 4.90 Å². The van der Waals surface area contributed by atoms with Gasteiger partial charge in [-0.15, -0.1) is 0 Å². The number of benzene rings is 1. The van der Waals surface area contributed by atoms with E-state index in [4.69, 9.17) is 16.3 Å². The summed E-state index contributed by atoms with van der Waals surface area (Å²) in [7, 11) is 0. The second-order valence-electron chi connectivity index (χ2n) is 8.95. The van der Waals surface area contributed by atoms with Gasteiger partial charge in [-0.25, -0.2) is 0 Å². The van der Waals surface area contributed by atoms with E-state index < -0.39 is 23.9 Å². The Hall–Kier alpha value is -2.32. The number of hydrogen-bond acceptors (Lipinski definition) is 5. The zero-order valence-electron chi connectivity index (χ0n) is 19.2. The Bertz CT molecular complexity index is 809. The van der Waals surface area contributed by atoms with Crippen molar-refractivity contribution in [1.82, 2.24) is 15.5 Å². The molecule has 1 aliphatic heterocycles. The summed E-state index contributed by atoms with van der Waals surface area (Å²) in [6.07, 6.45) is 0.860. The molecule has 3 N–H and O–H groups in total. The van der Waals surface area contributed by atoms with Gasteiger partial charge in [-0.3, -0.25) is 14.4 Å². The highest BCUT2D eigenvalue weighted by atomic mass is 35.5. The van der Waals surface area contributed by atoms with Crippen molar-refractivity contribution in [2.75, 3.05) is 26.3 Å². The van der Waals surface area contributed by atoms with Crippen molar-refractivity contribution in [1.29, 1.82) is 0 Å². The topological polar surface area (TPSA) is 108 Å². The van der Waals surface area contributed by atoms with Crippen molar-refractivity contribution in [3.8, 4) is 5.75 Å². The molecule has 8 nitrogen and oxygen atoms in total. The highest BCUT2D eigenvalue weighted by molar-refractivity contribution is 6.31. The molecule has 32 heavy (non-hydrogen) atoms. The Morgan fingerprint density at radius 3 is 2.22 bits per heavy atom. The van der Waals surface area contributed by atoms with Crippen LogP contribution in [0.15, 0.2) is 18.2 Å². The number of halogens is 1. The van der Waals surface area contributed by atoms with Gasteiger partial charge in [-0.05, 0) is 42.9 Å². The van der Waals surface area contributed by atoms with Crippen LogP contribution in [-0.4, -0.2) is 66.1 Å². The van der Waals surface area contributed by atoms with Crippen LogP contribution in [0.5, 0.6) is 5.75 Å². The number of carbonyl (C=O) groups is 3. The Kier molecular flexibility index (Phi) is 9.78. The van der Waals surface area contributed by atoms with Crippen LogP contribution in [0, 0.1) is 11.8 Å². The summed E-state index contributed by atoms with van der Waals surface area (Å²) in [5, 5.41) is 15.9. The summed E-state index contributed by atoms with van der Waals surface area (Å²) in [6.45, 7) is 9.78. The summed E-state index contributed by atoms with van der Waals surface area (Å²) in [5.41, 5.74) is -0.0119. The van der Waals surface area contributed by atoms with Crippen LogP contribution in [-0.2, 0) is 14.3 Å². The fourth-order valence-electron chi connectivity index (χ4n) is 3.60. The van der Waals surface area contributed by atoms with Crippen LogP contribution < -0.4 is 10.6 Å². The van der Waals surface area contributed by atoms with Gasteiger partial charge in [0.15, 0.2) is 0 Å². The van der Waals surface area contributed by atoms with Gasteiger partial charge >= 0.3 is 0 Å². The molecule has 178 valence electrons. The fraction of sp³-hybridized carbons (Fsp3) is 0.609. The molecule has 2 rings (SSSR count). The average molecular weight is 468 g/mol. The molecule has 0 bridgehead atoms. The Balaban J connectivity index is 2.16. The smallest absolute Gasteiger partial charge is 0.255 e. The van der Waals surface area contributed by atoms with E-state index in [-0.39, 0.29) is 29.1 Å². The van der Waals surface area contributed by atoms with Crippen LogP contribution in [0.25, 0.3) is 0 Å². The number of nitrogens with zero attached hydrogens (tertiary/aromatic N) is 1. The number of morpholine rings is 1. The average Bonchev–Trinajstić information content (AvgIpc) is 2.73. The monoisotopic (exact) mass is 467 g/mol. The number of rotatable bonds is 9. The lowest BCUT2D eigenvalue weighted by Crippen LogP contribution is -2.56. The quantitative estimate of drug-likeness (QED) is 0.517. The highest BCUT2D eigenvalue weighted by Crippen LogP contribution is 2.22. The second kappa shape index (κ2) is 12.1. The third-order valence-corrected chi connectivity index (χ3v) is 5.41. The van der Waals surface area contributed by atoms with E-state index in [1.807, 2.05) is 27.7 Å². The third kappa shape index (κ3) is 7.67. The number of nitrogens with one attached hydrogen (secondary N) is 2. The van der Waals surface area contributed by atoms with Crippen molar-refractivity contribution < 1.29 is 24.2 Å². The maximum absolute atomic E-state index is 13.2. The van der Waals surface area contributed by atoms with Gasteiger partial charge in [0.2, 0.25) is 11.8 Å². The van der Waals surface area contributed by atoms with Crippen LogP contribution >= 0.6 is 11.6 Å². The Morgan fingerprint density at radius 2 is 1.62 bits per heavy atom. The molecule has 0 unspecified atom stereocenters. The van der Waals surface area contributed by atoms with E-state index >= 15 is 0 Å². The lowest BCUT2D eigenvalue weighted by atomic mass is 9.99. The minimum atomic E-state index is -0.868. The van der Waals surface area contributed by atoms with E-state index in [0.717, 1.165) is 0 Å². The molecule has 3 amide bonds. The molecule has 0 aliphatic carbocycles. The number of amides is 3. The predicted molar refractivity (Wildman–Crippen MR) is 123 cm³/mol. The van der Waals surface area contributed by atoms with Gasteiger partial charge < -0.3 is 25.4 Å². The maximum atomic E-state index is 13.2. The zero-order valence-corrected chi connectivity index (χ0v) is 19.9. The first-order chi connectivity index (χ1) is 15.1. The van der Waals surface area contributed by atoms with Crippen molar-refractivity contribution in [2.24, 2.45) is 11.8 Å². The molecule has 1 fully saturated rings. The number of hydrogen-bond donors (Lipinski definition) is 3. The number of carbonyl (C=O) groups excluding carboxylic acids is 3. The van der Waals surface area contributed by atoms with Gasteiger partial charge in [0.05, 0.1) is 18.8 Å². The minimum absolute atomic E-state index is 0.0119. The van der Waals surface area contributed by atoms with Crippen molar-refractivity contribution in [3.63, 3.8) is 0 Å². The Morgan fingerprint density at radius 1 is 1.03 bits per heavy atom. The van der Waals surface area contributed by atoms with Crippen LogP contribution in [0.4, 0.5) is 0 Å². The SMILES string of the molecule is CC(C)C[C@H](NC(=O)c1cc(Cl)ccc1O)C(=O)N[C@@H](CC(C)C)C(=O)N1CCOCC1. The van der Waals surface area contributed by atoms with Crippen molar-refractivity contribution in [3.05, 3.63) is 28.8 Å². The van der Waals surface area contributed by atoms with Crippen LogP contribution in [0.1, 0.15) is 50.9 Å². The molecule has 0 aromatic heterocycles. The second-order valence-corrected chi connectivity index (χ2v) is 9.38. The van der Waals surface area contributed by atoms with Gasteiger partial charge in [0.1, 0.15) is 17.8 Å². The summed E-state index contributed by atoms with van der Waals surface area (Å²) in [5.74, 6) is -1.11. The van der Waals surface area contributed by atoms with Gasteiger partial charge in [0, 0.05) is 18.1 Å². The van der Waals surface area contributed by atoms with Crippen LogP contribution in [0.3, 0.4) is 0 Å². The normalized spacial score (nSPS) is 16.0. The number of phenols is 1. The maximum Gasteiger partial charge on any atom is 0.255 e. The van der Waals surface area contributed by atoms with E-state index in [2.05, 4.69) is 10.6 Å². The van der Waals surface area contributed by atoms with E-state index in [0.29, 0.717) is 44.2 Å². The fourth-order valence-corrected chi connectivity index (χ4v) is 3.77. The van der Waals surface area contributed by atoms with Crippen LogP contribution in [0.2, 0.25) is 5.02 Å². The minimum Gasteiger partial charge on any atom is -0.507 e. The molecule has 1 saturated heterocycles. The van der Waals surface area contributed by atoms with Gasteiger partial charge in [-0.2, -0.15) is 0 Å². The molecule has 2 atom stereocenters. The summed E-state index contributed by atoms with van der Waals surface area (Å²) >= 11 is 5.95. The summed E-state index contributed by atoms with van der Waals surface area (Å²) in [6, 6.07) is 2.59. The molecular formula is C23H34ClN3O5. The molecule has 1 aromatic rings. The van der Waals surface area contributed by atoms with Gasteiger partial charge in [0.25, 0.3) is 5.91 Å². The van der Waals surface area contributed by atoms with Gasteiger partial charge in [-0.1, -0.05) is 39.3 Å². The first-order valence-electron chi connectivity index (χ1n) is 11.0. The van der Waals surface area contributed by atoms with Crippen molar-refractivity contribution in [2.45, 2.75) is 52.6 Å². The van der Waals surface area contributed by atoms with Crippen molar-refractivity contribution >= 4 is 29.3 Å². The molecule has 0 spiro atoms. The number of ether oxygens (including phenoxy) is 1. The Labute approximate surface area is 194 Å². The molecule has 1 aromatic carbocycles. The molecule has 1 aliphatic rings. The lowest BCUT2D eigenvalue weighted by Gasteiger charge is -2.32. The highest BCUT2D eigenvalue weighted by Gasteiger charge is 2.31. The molecule has 1 heterocycles. The lowest BCUT2D eigenvalue weighted by molar-refractivity contribution is -0.140. The summed E-state index contributed by atoms with van der Waals surface area (Å²) < 4.78 is 5.32. The number of aromatic hydroxyl groups is 1. The summed E-state index contributed by atoms with van der Waals surface area (Å²) in [4.78, 5) is 40.7. The molecule has 0 saturated carbocycles. The first kappa shape index (κ1) is 25.9. The standard InChI is InChI=1S/C23H34ClN3O5/c1-14(2)11-18(25-21(29)17-13-16(24)5-6-20(17)28)22(30)26-19(12-15(3)4)23(31)27-7-9-32-10-8-27/h5-6,13-15,18-19,28H,7-12H2,1-4H3,(H,25,29)(H,26,30)/t18-,19-/m0/s1.